The molecule has 1 aromatic heterocycles. The number of pyridine rings is 1. The molecule has 1 saturated carbocycles. The smallest absolute Gasteiger partial charge is 0.270 e. The lowest BCUT2D eigenvalue weighted by Gasteiger charge is -2.23. The first-order valence-corrected chi connectivity index (χ1v) is 8.43. The summed E-state index contributed by atoms with van der Waals surface area (Å²) in [5.74, 6) is -0.122. The van der Waals surface area contributed by atoms with E-state index in [1.54, 1.807) is 6.20 Å². The molecule has 2 heterocycles. The summed E-state index contributed by atoms with van der Waals surface area (Å²) < 4.78 is 5.52. The molecule has 0 radical (unpaired) electrons. The molecule has 1 aromatic rings. The Hall–Kier alpha value is -1.62. The van der Waals surface area contributed by atoms with E-state index in [9.17, 15) is 4.79 Å². The molecule has 1 atom stereocenters. The predicted molar refractivity (Wildman–Crippen MR) is 86.0 cm³/mol. The van der Waals surface area contributed by atoms with E-state index in [0.717, 1.165) is 25.1 Å². The zero-order valence-corrected chi connectivity index (χ0v) is 13.0. The van der Waals surface area contributed by atoms with Gasteiger partial charge < -0.3 is 15.4 Å². The second kappa shape index (κ2) is 7.58. The van der Waals surface area contributed by atoms with Gasteiger partial charge in [0.15, 0.2) is 0 Å². The fourth-order valence-corrected chi connectivity index (χ4v) is 3.23. The number of amides is 1. The second-order valence-electron chi connectivity index (χ2n) is 6.25. The van der Waals surface area contributed by atoms with Gasteiger partial charge in [-0.2, -0.15) is 0 Å². The van der Waals surface area contributed by atoms with Crippen LogP contribution < -0.4 is 10.6 Å². The Morgan fingerprint density at radius 1 is 1.23 bits per heavy atom. The number of carbonyl (C=O) groups excluding carboxylic acids is 1. The molecule has 1 aliphatic carbocycles. The van der Waals surface area contributed by atoms with Crippen molar-refractivity contribution in [3.63, 3.8) is 0 Å². The van der Waals surface area contributed by atoms with Crippen LogP contribution in [0.2, 0.25) is 0 Å². The summed E-state index contributed by atoms with van der Waals surface area (Å²) in [4.78, 5) is 16.4. The van der Waals surface area contributed by atoms with Gasteiger partial charge in [-0.05, 0) is 37.8 Å². The van der Waals surface area contributed by atoms with E-state index in [1.807, 2.05) is 12.1 Å². The van der Waals surface area contributed by atoms with E-state index >= 15 is 0 Å². The lowest BCUT2D eigenvalue weighted by atomic mass is 9.95. The van der Waals surface area contributed by atoms with Gasteiger partial charge in [0.25, 0.3) is 5.91 Å². The molecule has 1 aliphatic heterocycles. The largest absolute Gasteiger partial charge is 0.382 e. The van der Waals surface area contributed by atoms with Crippen LogP contribution in [-0.2, 0) is 4.74 Å². The molecule has 0 bridgehead atoms. The molecule has 2 fully saturated rings. The summed E-state index contributed by atoms with van der Waals surface area (Å²) in [7, 11) is 0. The van der Waals surface area contributed by atoms with Crippen molar-refractivity contribution < 1.29 is 9.53 Å². The van der Waals surface area contributed by atoms with Crippen molar-refractivity contribution in [1.82, 2.24) is 10.3 Å². The Bertz CT molecular complexity index is 494. The van der Waals surface area contributed by atoms with E-state index in [1.165, 1.54) is 32.1 Å². The molecule has 120 valence electrons. The van der Waals surface area contributed by atoms with Crippen LogP contribution in [0.5, 0.6) is 0 Å². The second-order valence-corrected chi connectivity index (χ2v) is 6.25. The molecule has 0 spiro atoms. The van der Waals surface area contributed by atoms with Crippen LogP contribution in [0, 0.1) is 0 Å². The van der Waals surface area contributed by atoms with Gasteiger partial charge in [-0.15, -0.1) is 0 Å². The first kappa shape index (κ1) is 15.3. The van der Waals surface area contributed by atoms with Crippen molar-refractivity contribution in [3.8, 4) is 0 Å². The number of ether oxygens (including phenoxy) is 1. The summed E-state index contributed by atoms with van der Waals surface area (Å²) in [6.07, 6.45) is 10.3. The van der Waals surface area contributed by atoms with Crippen molar-refractivity contribution in [2.75, 3.05) is 18.5 Å². The average Bonchev–Trinajstić information content (AvgIpc) is 3.07. The highest BCUT2D eigenvalue weighted by molar-refractivity contribution is 5.93. The van der Waals surface area contributed by atoms with E-state index in [0.29, 0.717) is 18.3 Å². The molecule has 3 rings (SSSR count). The van der Waals surface area contributed by atoms with E-state index in [2.05, 4.69) is 15.6 Å². The molecule has 1 unspecified atom stereocenters. The van der Waals surface area contributed by atoms with Gasteiger partial charge in [0.05, 0.1) is 6.10 Å². The average molecular weight is 303 g/mol. The third-order valence-corrected chi connectivity index (χ3v) is 4.48. The summed E-state index contributed by atoms with van der Waals surface area (Å²) in [6, 6.07) is 4.31. The van der Waals surface area contributed by atoms with E-state index in [4.69, 9.17) is 4.74 Å². The lowest BCUT2D eigenvalue weighted by molar-refractivity contribution is 0.0854. The monoisotopic (exact) mass is 303 g/mol. The van der Waals surface area contributed by atoms with Gasteiger partial charge in [-0.25, -0.2) is 0 Å². The van der Waals surface area contributed by atoms with Crippen LogP contribution in [0.25, 0.3) is 0 Å². The molecule has 1 saturated heterocycles. The maximum atomic E-state index is 12.2. The molecule has 1 amide bonds. The number of hydrogen-bond acceptors (Lipinski definition) is 4. The molecular formula is C17H25N3O2. The Morgan fingerprint density at radius 3 is 2.86 bits per heavy atom. The fourth-order valence-electron chi connectivity index (χ4n) is 3.23. The minimum Gasteiger partial charge on any atom is -0.382 e. The molecule has 2 aliphatic rings. The van der Waals surface area contributed by atoms with Crippen molar-refractivity contribution >= 4 is 11.6 Å². The number of hydrogen-bond donors (Lipinski definition) is 2. The lowest BCUT2D eigenvalue weighted by Crippen LogP contribution is -2.32. The molecule has 2 N–H and O–H groups in total. The Morgan fingerprint density at radius 2 is 2.09 bits per heavy atom. The Kier molecular flexibility index (Phi) is 5.27. The van der Waals surface area contributed by atoms with Crippen molar-refractivity contribution in [2.45, 2.75) is 57.1 Å². The van der Waals surface area contributed by atoms with Crippen LogP contribution in [0.15, 0.2) is 18.3 Å². The van der Waals surface area contributed by atoms with Gasteiger partial charge in [-0.1, -0.05) is 19.3 Å². The molecule has 5 nitrogen and oxygen atoms in total. The first-order valence-electron chi connectivity index (χ1n) is 8.43. The van der Waals surface area contributed by atoms with Gasteiger partial charge in [-0.3, -0.25) is 9.78 Å². The summed E-state index contributed by atoms with van der Waals surface area (Å²) in [5.41, 5.74) is 1.46. The summed E-state index contributed by atoms with van der Waals surface area (Å²) in [5, 5.41) is 6.45. The SMILES string of the molecule is O=C(NCC1CCCO1)c1cc(NC2CCCCC2)ccn1. The van der Waals surface area contributed by atoms with E-state index < -0.39 is 0 Å². The van der Waals surface area contributed by atoms with Crippen LogP contribution in [0.1, 0.15) is 55.4 Å². The van der Waals surface area contributed by atoms with E-state index in [-0.39, 0.29) is 12.0 Å². The van der Waals surface area contributed by atoms with Crippen LogP contribution in [0.3, 0.4) is 0 Å². The molecule has 22 heavy (non-hydrogen) atoms. The number of nitrogens with one attached hydrogen (secondary N) is 2. The van der Waals surface area contributed by atoms with Gasteiger partial charge in [0.2, 0.25) is 0 Å². The first-order chi connectivity index (χ1) is 10.8. The highest BCUT2D eigenvalue weighted by Gasteiger charge is 2.18. The van der Waals surface area contributed by atoms with Crippen molar-refractivity contribution in [3.05, 3.63) is 24.0 Å². The van der Waals surface area contributed by atoms with Gasteiger partial charge >= 0.3 is 0 Å². The molecule has 5 heteroatoms. The number of carbonyl (C=O) groups is 1. The summed E-state index contributed by atoms with van der Waals surface area (Å²) >= 11 is 0. The highest BCUT2D eigenvalue weighted by atomic mass is 16.5. The third kappa shape index (κ3) is 4.19. The third-order valence-electron chi connectivity index (χ3n) is 4.48. The quantitative estimate of drug-likeness (QED) is 0.878. The summed E-state index contributed by atoms with van der Waals surface area (Å²) in [6.45, 7) is 1.38. The minimum absolute atomic E-state index is 0.122. The maximum Gasteiger partial charge on any atom is 0.270 e. The number of rotatable bonds is 5. The van der Waals surface area contributed by atoms with Crippen LogP contribution in [-0.4, -0.2) is 36.2 Å². The normalized spacial score (nSPS) is 22.5. The number of nitrogens with zero attached hydrogens (tertiary/aromatic N) is 1. The molecular weight excluding hydrogens is 278 g/mol. The topological polar surface area (TPSA) is 63.2 Å². The Balaban J connectivity index is 1.53. The Labute approximate surface area is 131 Å². The predicted octanol–water partition coefficient (Wildman–Crippen LogP) is 2.74. The van der Waals surface area contributed by atoms with Gasteiger partial charge in [0.1, 0.15) is 5.69 Å². The zero-order chi connectivity index (χ0) is 15.2. The standard InChI is InChI=1S/C17H25N3O2/c21-17(19-12-15-7-4-10-22-15)16-11-14(8-9-18-16)20-13-5-2-1-3-6-13/h8-9,11,13,15H,1-7,10,12H2,(H,18,20)(H,19,21). The fraction of sp³-hybridized carbons (Fsp3) is 0.647. The highest BCUT2D eigenvalue weighted by Crippen LogP contribution is 2.21. The van der Waals surface area contributed by atoms with Crippen molar-refractivity contribution in [1.29, 1.82) is 0 Å². The molecule has 0 aromatic carbocycles. The minimum atomic E-state index is -0.122. The number of anilines is 1. The zero-order valence-electron chi connectivity index (χ0n) is 13.0. The maximum absolute atomic E-state index is 12.2. The van der Waals surface area contributed by atoms with Crippen LogP contribution in [0.4, 0.5) is 5.69 Å². The van der Waals surface area contributed by atoms with Crippen LogP contribution >= 0.6 is 0 Å². The number of aromatic nitrogens is 1. The van der Waals surface area contributed by atoms with Crippen molar-refractivity contribution in [2.24, 2.45) is 0 Å². The van der Waals surface area contributed by atoms with Gasteiger partial charge in [0, 0.05) is 31.1 Å².